The van der Waals surface area contributed by atoms with Crippen molar-refractivity contribution in [2.45, 2.75) is 18.2 Å². The molecule has 2 aromatic rings. The number of benzene rings is 2. The predicted molar refractivity (Wildman–Crippen MR) is 104 cm³/mol. The Balaban J connectivity index is 1.82. The van der Waals surface area contributed by atoms with Crippen LogP contribution in [0.15, 0.2) is 53.4 Å². The maximum Gasteiger partial charge on any atom is 0.242 e. The summed E-state index contributed by atoms with van der Waals surface area (Å²) < 4.78 is 36.1. The van der Waals surface area contributed by atoms with E-state index in [0.717, 1.165) is 10.1 Å². The average molecular weight is 392 g/mol. The van der Waals surface area contributed by atoms with Gasteiger partial charge in [-0.2, -0.15) is 0 Å². The van der Waals surface area contributed by atoms with Gasteiger partial charge in [0.25, 0.3) is 0 Å². The fraction of sp³-hybridized carbons (Fsp3) is 0.316. The van der Waals surface area contributed by atoms with Crippen LogP contribution in [0.3, 0.4) is 0 Å². The normalized spacial score (nSPS) is 11.3. The van der Waals surface area contributed by atoms with Gasteiger partial charge in [0.05, 0.1) is 24.5 Å². The molecule has 0 aliphatic carbocycles. The highest BCUT2D eigenvalue weighted by Gasteiger charge is 2.16. The first-order valence-corrected chi connectivity index (χ1v) is 9.95. The molecule has 8 heteroatoms. The Kier molecular flexibility index (Phi) is 7.20. The Hall–Kier alpha value is -2.58. The van der Waals surface area contributed by atoms with E-state index in [4.69, 9.17) is 9.47 Å². The minimum Gasteiger partial charge on any atom is -0.494 e. The topological polar surface area (TPSA) is 84.9 Å². The largest absolute Gasteiger partial charge is 0.494 e. The van der Waals surface area contributed by atoms with E-state index in [1.54, 1.807) is 24.3 Å². The van der Waals surface area contributed by atoms with Gasteiger partial charge in [0.1, 0.15) is 11.5 Å². The third-order valence-corrected chi connectivity index (χ3v) is 5.48. The lowest BCUT2D eigenvalue weighted by Crippen LogP contribution is -2.22. The highest BCUT2D eigenvalue weighted by atomic mass is 32.2. The Morgan fingerprint density at radius 3 is 2.04 bits per heavy atom. The van der Waals surface area contributed by atoms with Gasteiger partial charge >= 0.3 is 0 Å². The SMILES string of the molecule is CCOc1ccc(OCCC(=O)Nc2ccc(S(=O)(=O)N(C)C)cc2)cc1. The molecule has 0 saturated carbocycles. The number of carbonyl (C=O) groups is 1. The third-order valence-electron chi connectivity index (χ3n) is 3.65. The van der Waals surface area contributed by atoms with Crippen LogP contribution >= 0.6 is 0 Å². The van der Waals surface area contributed by atoms with Gasteiger partial charge in [-0.15, -0.1) is 0 Å². The first-order chi connectivity index (χ1) is 12.8. The molecule has 0 spiro atoms. The molecule has 0 fully saturated rings. The minimum absolute atomic E-state index is 0.171. The number of sulfonamides is 1. The summed E-state index contributed by atoms with van der Waals surface area (Å²) in [6.45, 7) is 2.74. The number of carbonyl (C=O) groups excluding carboxylic acids is 1. The molecule has 27 heavy (non-hydrogen) atoms. The molecule has 0 unspecified atom stereocenters. The molecule has 0 atom stereocenters. The van der Waals surface area contributed by atoms with Gasteiger partial charge in [0.2, 0.25) is 15.9 Å². The molecule has 2 aromatic carbocycles. The number of hydrogen-bond acceptors (Lipinski definition) is 5. The van der Waals surface area contributed by atoms with Gasteiger partial charge in [0.15, 0.2) is 0 Å². The van der Waals surface area contributed by atoms with Crippen molar-refractivity contribution in [2.75, 3.05) is 32.6 Å². The van der Waals surface area contributed by atoms with E-state index in [9.17, 15) is 13.2 Å². The van der Waals surface area contributed by atoms with Crippen molar-refractivity contribution >= 4 is 21.6 Å². The fourth-order valence-corrected chi connectivity index (χ4v) is 3.11. The van der Waals surface area contributed by atoms with Crippen LogP contribution in [-0.2, 0) is 14.8 Å². The summed E-state index contributed by atoms with van der Waals surface area (Å²) in [5.74, 6) is 1.20. The molecule has 7 nitrogen and oxygen atoms in total. The van der Waals surface area contributed by atoms with E-state index in [1.807, 2.05) is 19.1 Å². The average Bonchev–Trinajstić information content (AvgIpc) is 2.64. The van der Waals surface area contributed by atoms with Crippen LogP contribution in [0.25, 0.3) is 0 Å². The van der Waals surface area contributed by atoms with E-state index in [0.29, 0.717) is 18.0 Å². The van der Waals surface area contributed by atoms with Crippen molar-refractivity contribution in [1.29, 1.82) is 0 Å². The van der Waals surface area contributed by atoms with Gasteiger partial charge in [0, 0.05) is 19.8 Å². The zero-order chi connectivity index (χ0) is 19.9. The summed E-state index contributed by atoms with van der Waals surface area (Å²) in [6.07, 6.45) is 0.172. The number of nitrogens with zero attached hydrogens (tertiary/aromatic N) is 1. The number of amides is 1. The summed E-state index contributed by atoms with van der Waals surface area (Å²) in [4.78, 5) is 12.2. The molecule has 1 amide bonds. The Labute approximate surface area is 160 Å². The summed E-state index contributed by atoms with van der Waals surface area (Å²) in [5.41, 5.74) is 0.527. The zero-order valence-corrected chi connectivity index (χ0v) is 16.5. The van der Waals surface area contributed by atoms with Crippen molar-refractivity contribution in [3.05, 3.63) is 48.5 Å². The molecular formula is C19H24N2O5S. The number of rotatable bonds is 9. The minimum atomic E-state index is -3.48. The van der Waals surface area contributed by atoms with Crippen LogP contribution in [0.5, 0.6) is 11.5 Å². The number of nitrogens with one attached hydrogen (secondary N) is 1. The smallest absolute Gasteiger partial charge is 0.242 e. The van der Waals surface area contributed by atoms with Crippen LogP contribution in [0, 0.1) is 0 Å². The van der Waals surface area contributed by atoms with Gasteiger partial charge in [-0.05, 0) is 55.5 Å². The van der Waals surface area contributed by atoms with Crippen LogP contribution in [-0.4, -0.2) is 45.9 Å². The highest BCUT2D eigenvalue weighted by Crippen LogP contribution is 2.18. The molecule has 0 aliphatic rings. The second-order valence-electron chi connectivity index (χ2n) is 5.86. The van der Waals surface area contributed by atoms with Gasteiger partial charge < -0.3 is 14.8 Å². The van der Waals surface area contributed by atoms with E-state index < -0.39 is 10.0 Å². The van der Waals surface area contributed by atoms with Gasteiger partial charge in [-0.1, -0.05) is 0 Å². The predicted octanol–water partition coefficient (Wildman–Crippen LogP) is 2.74. The van der Waals surface area contributed by atoms with E-state index in [-0.39, 0.29) is 23.8 Å². The fourth-order valence-electron chi connectivity index (χ4n) is 2.20. The number of ether oxygens (including phenoxy) is 2. The van der Waals surface area contributed by atoms with Crippen molar-refractivity contribution in [1.82, 2.24) is 4.31 Å². The molecule has 0 saturated heterocycles. The van der Waals surface area contributed by atoms with Crippen molar-refractivity contribution in [2.24, 2.45) is 0 Å². The number of anilines is 1. The van der Waals surface area contributed by atoms with Crippen LogP contribution in [0.1, 0.15) is 13.3 Å². The molecule has 2 rings (SSSR count). The maximum absolute atomic E-state index is 12.0. The molecule has 0 heterocycles. The first kappa shape index (κ1) is 20.7. The van der Waals surface area contributed by atoms with Crippen molar-refractivity contribution in [3.63, 3.8) is 0 Å². The molecule has 1 N–H and O–H groups in total. The number of hydrogen-bond donors (Lipinski definition) is 1. The van der Waals surface area contributed by atoms with E-state index in [1.165, 1.54) is 26.2 Å². The third kappa shape index (κ3) is 5.97. The summed E-state index contributed by atoms with van der Waals surface area (Å²) in [7, 11) is -0.547. The maximum atomic E-state index is 12.0. The monoisotopic (exact) mass is 392 g/mol. The van der Waals surface area contributed by atoms with Gasteiger partial charge in [-0.3, -0.25) is 4.79 Å². The molecule has 0 bridgehead atoms. The second kappa shape index (κ2) is 9.38. The summed E-state index contributed by atoms with van der Waals surface area (Å²) >= 11 is 0. The van der Waals surface area contributed by atoms with Gasteiger partial charge in [-0.25, -0.2) is 12.7 Å². The molecule has 146 valence electrons. The van der Waals surface area contributed by atoms with Crippen LogP contribution in [0.4, 0.5) is 5.69 Å². The van der Waals surface area contributed by atoms with Crippen molar-refractivity contribution < 1.29 is 22.7 Å². The first-order valence-electron chi connectivity index (χ1n) is 8.51. The standard InChI is InChI=1S/C19H24N2O5S/c1-4-25-16-7-9-17(10-8-16)26-14-13-19(22)20-15-5-11-18(12-6-15)27(23,24)21(2)3/h5-12H,4,13-14H2,1-3H3,(H,20,22). The Morgan fingerprint density at radius 1 is 0.963 bits per heavy atom. The molecule has 0 aromatic heterocycles. The molecule has 0 aliphatic heterocycles. The second-order valence-corrected chi connectivity index (χ2v) is 8.01. The Bertz CT molecular complexity index is 847. The van der Waals surface area contributed by atoms with Crippen LogP contribution < -0.4 is 14.8 Å². The lowest BCUT2D eigenvalue weighted by Gasteiger charge is -2.12. The lowest BCUT2D eigenvalue weighted by molar-refractivity contribution is -0.116. The van der Waals surface area contributed by atoms with E-state index >= 15 is 0 Å². The van der Waals surface area contributed by atoms with Crippen LogP contribution in [0.2, 0.25) is 0 Å². The molecular weight excluding hydrogens is 368 g/mol. The summed E-state index contributed by atoms with van der Waals surface area (Å²) in [5, 5.41) is 2.71. The summed E-state index contributed by atoms with van der Waals surface area (Å²) in [6, 6.07) is 13.2. The Morgan fingerprint density at radius 2 is 1.52 bits per heavy atom. The van der Waals surface area contributed by atoms with Crippen molar-refractivity contribution in [3.8, 4) is 11.5 Å². The zero-order valence-electron chi connectivity index (χ0n) is 15.6. The highest BCUT2D eigenvalue weighted by molar-refractivity contribution is 7.89. The van der Waals surface area contributed by atoms with E-state index in [2.05, 4.69) is 5.32 Å². The quantitative estimate of drug-likeness (QED) is 0.709. The molecule has 0 radical (unpaired) electrons. The lowest BCUT2D eigenvalue weighted by atomic mass is 10.3.